The van der Waals surface area contributed by atoms with Crippen molar-refractivity contribution in [2.24, 2.45) is 4.99 Å². The average molecular weight is 582 g/mol. The molecule has 2 aliphatic rings. The molecule has 0 saturated heterocycles. The number of ether oxygens (including phenoxy) is 3. The summed E-state index contributed by atoms with van der Waals surface area (Å²) in [4.78, 5) is 48.3. The Morgan fingerprint density at radius 2 is 1.67 bits per heavy atom. The number of nitrogens with zero attached hydrogens (tertiary/aromatic N) is 3. The van der Waals surface area contributed by atoms with Crippen LogP contribution in [-0.4, -0.2) is 44.3 Å². The molecule has 0 aliphatic carbocycles. The van der Waals surface area contributed by atoms with Crippen molar-refractivity contribution in [1.29, 1.82) is 0 Å². The molecule has 42 heavy (non-hydrogen) atoms. The predicted octanol–water partition coefficient (Wildman–Crippen LogP) is 3.30. The molecule has 3 aromatic carbocycles. The number of para-hydroxylation sites is 1. The predicted molar refractivity (Wildman–Crippen MR) is 159 cm³/mol. The number of aromatic nitrogens is 1. The van der Waals surface area contributed by atoms with E-state index >= 15 is 0 Å². The summed E-state index contributed by atoms with van der Waals surface area (Å²) in [6.45, 7) is 1.86. The molecule has 212 valence electrons. The van der Waals surface area contributed by atoms with E-state index in [1.54, 1.807) is 32.2 Å². The van der Waals surface area contributed by atoms with Gasteiger partial charge < -0.3 is 19.1 Å². The first-order valence-corrected chi connectivity index (χ1v) is 14.1. The lowest BCUT2D eigenvalue weighted by Gasteiger charge is -2.26. The molecular formula is C32H27N3O6S. The quantitative estimate of drug-likeness (QED) is 0.324. The largest absolute Gasteiger partial charge is 0.493 e. The highest BCUT2D eigenvalue weighted by Gasteiger charge is 2.37. The zero-order valence-electron chi connectivity index (χ0n) is 23.4. The van der Waals surface area contributed by atoms with Crippen LogP contribution in [-0.2, 0) is 14.3 Å². The number of carbonyl (C=O) groups excluding carboxylic acids is 2. The molecule has 1 aromatic heterocycles. The van der Waals surface area contributed by atoms with Crippen LogP contribution < -0.4 is 29.3 Å². The summed E-state index contributed by atoms with van der Waals surface area (Å²) >= 11 is 1.13. The molecule has 0 bridgehead atoms. The van der Waals surface area contributed by atoms with Crippen molar-refractivity contribution < 1.29 is 23.8 Å². The van der Waals surface area contributed by atoms with E-state index in [2.05, 4.69) is 0 Å². The lowest BCUT2D eigenvalue weighted by atomic mass is 9.93. The highest BCUT2D eigenvalue weighted by molar-refractivity contribution is 7.07. The smallest absolute Gasteiger partial charge is 0.338 e. The van der Waals surface area contributed by atoms with Crippen LogP contribution in [0.4, 0.5) is 5.69 Å². The molecule has 4 aromatic rings. The number of thiazole rings is 1. The summed E-state index contributed by atoms with van der Waals surface area (Å²) in [5.74, 6) is 0.0526. The van der Waals surface area contributed by atoms with Gasteiger partial charge in [-0.05, 0) is 30.7 Å². The SMILES string of the molecule is CCOC(=O)C1=C(c2ccccc2)N=c2s/c(=C3\C(=O)N(C)c4ccccc43)c(=O)n2[C@H]1c1ccc(OC)c(OC)c1. The van der Waals surface area contributed by atoms with E-state index in [1.807, 2.05) is 54.6 Å². The van der Waals surface area contributed by atoms with Crippen LogP contribution in [0.25, 0.3) is 11.3 Å². The summed E-state index contributed by atoms with van der Waals surface area (Å²) in [5, 5.41) is 0. The van der Waals surface area contributed by atoms with Gasteiger partial charge in [-0.1, -0.05) is 65.9 Å². The van der Waals surface area contributed by atoms with Gasteiger partial charge in [0.2, 0.25) is 0 Å². The van der Waals surface area contributed by atoms with Gasteiger partial charge in [0.25, 0.3) is 11.5 Å². The van der Waals surface area contributed by atoms with E-state index in [0.29, 0.717) is 44.3 Å². The van der Waals surface area contributed by atoms with Gasteiger partial charge in [-0.2, -0.15) is 0 Å². The molecule has 9 nitrogen and oxygen atoms in total. The van der Waals surface area contributed by atoms with Crippen molar-refractivity contribution in [1.82, 2.24) is 4.57 Å². The van der Waals surface area contributed by atoms with Gasteiger partial charge in [-0.25, -0.2) is 9.79 Å². The van der Waals surface area contributed by atoms with Crippen molar-refractivity contribution in [3.63, 3.8) is 0 Å². The Hall–Kier alpha value is -4.96. The van der Waals surface area contributed by atoms with Crippen molar-refractivity contribution >= 4 is 40.2 Å². The van der Waals surface area contributed by atoms with Crippen LogP contribution in [0.3, 0.4) is 0 Å². The summed E-state index contributed by atoms with van der Waals surface area (Å²) in [5.41, 5.74) is 3.15. The molecule has 0 spiro atoms. The fourth-order valence-electron chi connectivity index (χ4n) is 5.42. The molecular weight excluding hydrogens is 554 g/mol. The Morgan fingerprint density at radius 3 is 2.38 bits per heavy atom. The number of esters is 1. The third kappa shape index (κ3) is 4.22. The van der Waals surface area contributed by atoms with Crippen LogP contribution in [0.1, 0.15) is 29.7 Å². The van der Waals surface area contributed by atoms with Gasteiger partial charge in [0.05, 0.1) is 49.4 Å². The molecule has 0 radical (unpaired) electrons. The Kier molecular flexibility index (Phi) is 6.99. The van der Waals surface area contributed by atoms with Gasteiger partial charge in [-0.15, -0.1) is 0 Å². The van der Waals surface area contributed by atoms with Crippen LogP contribution in [0.2, 0.25) is 0 Å². The maximum absolute atomic E-state index is 14.4. The Balaban J connectivity index is 1.73. The number of anilines is 1. The summed E-state index contributed by atoms with van der Waals surface area (Å²) in [6.07, 6.45) is 0. The number of methoxy groups -OCH3 is 2. The second kappa shape index (κ2) is 10.8. The molecule has 10 heteroatoms. The van der Waals surface area contributed by atoms with Crippen LogP contribution >= 0.6 is 11.3 Å². The van der Waals surface area contributed by atoms with E-state index in [1.165, 1.54) is 23.7 Å². The first kappa shape index (κ1) is 27.2. The van der Waals surface area contributed by atoms with Crippen molar-refractivity contribution in [2.75, 3.05) is 32.8 Å². The number of amides is 1. The van der Waals surface area contributed by atoms with E-state index < -0.39 is 17.6 Å². The number of carbonyl (C=O) groups is 2. The van der Waals surface area contributed by atoms with Crippen molar-refractivity contribution in [3.8, 4) is 11.5 Å². The highest BCUT2D eigenvalue weighted by Crippen LogP contribution is 2.39. The van der Waals surface area contributed by atoms with E-state index in [0.717, 1.165) is 17.0 Å². The maximum Gasteiger partial charge on any atom is 0.338 e. The number of likely N-dealkylation sites (N-methyl/N-ethyl adjacent to an activating group) is 1. The molecule has 6 rings (SSSR count). The number of benzene rings is 3. The third-order valence-electron chi connectivity index (χ3n) is 7.35. The normalized spacial score (nSPS) is 17.0. The molecule has 0 saturated carbocycles. The van der Waals surface area contributed by atoms with Gasteiger partial charge in [0, 0.05) is 18.2 Å². The van der Waals surface area contributed by atoms with Gasteiger partial charge in [0.15, 0.2) is 16.3 Å². The Labute approximate surface area is 245 Å². The van der Waals surface area contributed by atoms with E-state index in [9.17, 15) is 14.4 Å². The second-order valence-corrected chi connectivity index (χ2v) is 10.6. The average Bonchev–Trinajstić information content (AvgIpc) is 3.48. The van der Waals surface area contributed by atoms with Crippen molar-refractivity contribution in [3.05, 3.63) is 115 Å². The first-order valence-electron chi connectivity index (χ1n) is 13.3. The third-order valence-corrected chi connectivity index (χ3v) is 8.41. The van der Waals surface area contributed by atoms with Crippen LogP contribution in [0, 0.1) is 0 Å². The maximum atomic E-state index is 14.4. The number of hydrogen-bond acceptors (Lipinski definition) is 8. The molecule has 1 atom stereocenters. The zero-order valence-corrected chi connectivity index (χ0v) is 24.2. The van der Waals surface area contributed by atoms with Gasteiger partial charge in [0.1, 0.15) is 4.53 Å². The van der Waals surface area contributed by atoms with Gasteiger partial charge in [-0.3, -0.25) is 14.2 Å². The second-order valence-electron chi connectivity index (χ2n) is 9.62. The molecule has 0 N–H and O–H groups in total. The minimum Gasteiger partial charge on any atom is -0.493 e. The fourth-order valence-corrected chi connectivity index (χ4v) is 6.51. The van der Waals surface area contributed by atoms with Crippen LogP contribution in [0.15, 0.2) is 88.2 Å². The van der Waals surface area contributed by atoms with E-state index in [4.69, 9.17) is 19.2 Å². The minimum atomic E-state index is -0.922. The Morgan fingerprint density at radius 1 is 0.952 bits per heavy atom. The fraction of sp³-hybridized carbons (Fsp3) is 0.188. The molecule has 2 aliphatic heterocycles. The molecule has 0 fully saturated rings. The lowest BCUT2D eigenvalue weighted by Crippen LogP contribution is -2.40. The number of fused-ring (bicyclic) bond motifs is 2. The van der Waals surface area contributed by atoms with Crippen LogP contribution in [0.5, 0.6) is 11.5 Å². The summed E-state index contributed by atoms with van der Waals surface area (Å²) in [7, 11) is 4.74. The number of hydrogen-bond donors (Lipinski definition) is 0. The summed E-state index contributed by atoms with van der Waals surface area (Å²) in [6, 6.07) is 21.0. The monoisotopic (exact) mass is 581 g/mol. The van der Waals surface area contributed by atoms with Gasteiger partial charge >= 0.3 is 5.97 Å². The van der Waals surface area contributed by atoms with E-state index in [-0.39, 0.29) is 22.6 Å². The van der Waals surface area contributed by atoms with Crippen molar-refractivity contribution in [2.45, 2.75) is 13.0 Å². The molecule has 3 heterocycles. The Bertz CT molecular complexity index is 1960. The first-order chi connectivity index (χ1) is 20.4. The highest BCUT2D eigenvalue weighted by atomic mass is 32.1. The number of rotatable bonds is 6. The summed E-state index contributed by atoms with van der Waals surface area (Å²) < 4.78 is 18.3. The zero-order chi connectivity index (χ0) is 29.5. The molecule has 0 unspecified atom stereocenters. The standard InChI is InChI=1S/C32H27N3O6S/c1-5-41-31(38)25-26(18-11-7-6-8-12-18)33-32-35(27(25)19-15-16-22(39-3)23(17-19)40-4)30(37)28(42-32)24-20-13-9-10-14-21(20)34(2)29(24)36/h6-17,27H,5H2,1-4H3/b28-24-/t27-/m0/s1. The lowest BCUT2D eigenvalue weighted by molar-refractivity contribution is -0.138. The minimum absolute atomic E-state index is 0.134. The molecule has 1 amide bonds. The topological polar surface area (TPSA) is 99.4 Å².